The summed E-state index contributed by atoms with van der Waals surface area (Å²) >= 11 is 1.25. The Kier molecular flexibility index (Phi) is 5.68. The van der Waals surface area contributed by atoms with Crippen LogP contribution in [-0.2, 0) is 5.41 Å². The van der Waals surface area contributed by atoms with Crippen molar-refractivity contribution in [1.82, 2.24) is 15.3 Å². The predicted octanol–water partition coefficient (Wildman–Crippen LogP) is 3.60. The van der Waals surface area contributed by atoms with Gasteiger partial charge in [0.2, 0.25) is 0 Å². The van der Waals surface area contributed by atoms with Crippen LogP contribution in [0.15, 0.2) is 48.0 Å². The van der Waals surface area contributed by atoms with Crippen molar-refractivity contribution in [2.45, 2.75) is 24.3 Å². The van der Waals surface area contributed by atoms with Gasteiger partial charge in [0, 0.05) is 17.1 Å². The molecule has 2 heterocycles. The van der Waals surface area contributed by atoms with E-state index >= 15 is 0 Å². The zero-order valence-corrected chi connectivity index (χ0v) is 17.3. The van der Waals surface area contributed by atoms with Gasteiger partial charge in [0.15, 0.2) is 5.01 Å². The van der Waals surface area contributed by atoms with Crippen LogP contribution in [0.1, 0.15) is 35.1 Å². The van der Waals surface area contributed by atoms with E-state index in [1.807, 2.05) is 30.3 Å². The molecule has 154 valence electrons. The van der Waals surface area contributed by atoms with Crippen molar-refractivity contribution in [3.8, 4) is 29.5 Å². The Morgan fingerprint density at radius 1 is 1.32 bits per heavy atom. The van der Waals surface area contributed by atoms with E-state index in [1.165, 1.54) is 11.3 Å². The summed E-state index contributed by atoms with van der Waals surface area (Å²) in [5.41, 5.74) is 2.98. The Balaban J connectivity index is 1.49. The SMILES string of the molecule is C#Cc1nc(NC(=O)NC(CO)c2ccc(-c3ccccc3C3(C#N)CC3)cn2)cs1. The zero-order chi connectivity index (χ0) is 21.8. The maximum atomic E-state index is 12.3. The quantitative estimate of drug-likeness (QED) is 0.519. The molecule has 1 aliphatic carbocycles. The molecule has 8 heteroatoms. The molecular formula is C23H19N5O2S. The number of aliphatic hydroxyl groups excluding tert-OH is 1. The fourth-order valence-electron chi connectivity index (χ4n) is 3.41. The number of nitrogens with zero attached hydrogens (tertiary/aromatic N) is 3. The van der Waals surface area contributed by atoms with Gasteiger partial charge in [-0.2, -0.15) is 5.26 Å². The average Bonchev–Trinajstić information content (AvgIpc) is 3.49. The van der Waals surface area contributed by atoms with Crippen molar-refractivity contribution in [1.29, 1.82) is 5.26 Å². The van der Waals surface area contributed by atoms with Crippen LogP contribution in [0.3, 0.4) is 0 Å². The molecular weight excluding hydrogens is 410 g/mol. The maximum Gasteiger partial charge on any atom is 0.321 e. The highest BCUT2D eigenvalue weighted by atomic mass is 32.1. The number of benzene rings is 1. The molecule has 3 N–H and O–H groups in total. The lowest BCUT2D eigenvalue weighted by Gasteiger charge is -2.17. The van der Waals surface area contributed by atoms with Crippen LogP contribution in [-0.4, -0.2) is 27.7 Å². The summed E-state index contributed by atoms with van der Waals surface area (Å²) in [4.78, 5) is 20.8. The van der Waals surface area contributed by atoms with Gasteiger partial charge in [-0.15, -0.1) is 17.8 Å². The maximum absolute atomic E-state index is 12.3. The minimum atomic E-state index is -0.691. The third kappa shape index (κ3) is 4.26. The lowest BCUT2D eigenvalue weighted by Crippen LogP contribution is -2.34. The monoisotopic (exact) mass is 429 g/mol. The molecule has 2 aromatic heterocycles. The Bertz CT molecular complexity index is 1190. The molecule has 1 fully saturated rings. The molecule has 0 radical (unpaired) electrons. The zero-order valence-electron chi connectivity index (χ0n) is 16.5. The second-order valence-electron chi connectivity index (χ2n) is 7.23. The van der Waals surface area contributed by atoms with Crippen molar-refractivity contribution in [2.75, 3.05) is 11.9 Å². The number of pyridine rings is 1. The van der Waals surface area contributed by atoms with Gasteiger partial charge < -0.3 is 10.4 Å². The average molecular weight is 430 g/mol. The number of terminal acetylenes is 1. The van der Waals surface area contributed by atoms with Crippen LogP contribution in [0.25, 0.3) is 11.1 Å². The number of nitriles is 1. The molecule has 1 aliphatic rings. The predicted molar refractivity (Wildman–Crippen MR) is 118 cm³/mol. The van der Waals surface area contributed by atoms with Gasteiger partial charge in [-0.3, -0.25) is 10.3 Å². The van der Waals surface area contributed by atoms with Crippen LogP contribution in [0, 0.1) is 23.7 Å². The number of carbonyl (C=O) groups is 1. The number of carbonyl (C=O) groups excluding carboxylic acids is 1. The Hall–Kier alpha value is -3.72. The van der Waals surface area contributed by atoms with Crippen LogP contribution < -0.4 is 10.6 Å². The Morgan fingerprint density at radius 3 is 2.74 bits per heavy atom. The topological polar surface area (TPSA) is 111 Å². The number of hydrogen-bond donors (Lipinski definition) is 3. The standard InChI is InChI=1S/C23H19N5O2S/c1-2-21-27-20(13-31-21)28-22(30)26-19(12-29)18-8-7-15(11-25-18)16-5-3-4-6-17(16)23(14-24)9-10-23/h1,3-8,11,13,19,29H,9-10,12H2,(H2,26,28,30). The van der Waals surface area contributed by atoms with Gasteiger partial charge in [-0.05, 0) is 36.0 Å². The lowest BCUT2D eigenvalue weighted by atomic mass is 9.89. The summed E-state index contributed by atoms with van der Waals surface area (Å²) in [6.07, 6.45) is 8.70. The van der Waals surface area contributed by atoms with Crippen molar-refractivity contribution >= 4 is 23.2 Å². The van der Waals surface area contributed by atoms with Gasteiger partial charge >= 0.3 is 6.03 Å². The minimum Gasteiger partial charge on any atom is -0.394 e. The molecule has 0 aliphatic heterocycles. The molecule has 1 saturated carbocycles. The molecule has 3 aromatic rings. The molecule has 0 bridgehead atoms. The molecule has 7 nitrogen and oxygen atoms in total. The van der Waals surface area contributed by atoms with E-state index in [0.717, 1.165) is 29.5 Å². The number of urea groups is 1. The number of rotatable bonds is 6. The van der Waals surface area contributed by atoms with Crippen LogP contribution >= 0.6 is 11.3 Å². The molecule has 0 saturated heterocycles. The second-order valence-corrected chi connectivity index (χ2v) is 8.09. The summed E-state index contributed by atoms with van der Waals surface area (Å²) in [6, 6.07) is 12.7. The lowest BCUT2D eigenvalue weighted by molar-refractivity contribution is 0.224. The van der Waals surface area contributed by atoms with E-state index < -0.39 is 17.5 Å². The highest BCUT2D eigenvalue weighted by Gasteiger charge is 2.46. The van der Waals surface area contributed by atoms with Crippen LogP contribution in [0.5, 0.6) is 0 Å². The number of nitrogens with one attached hydrogen (secondary N) is 2. The molecule has 2 amide bonds. The van der Waals surface area contributed by atoms with Crippen molar-refractivity contribution < 1.29 is 9.90 Å². The number of thiazole rings is 1. The van der Waals surface area contributed by atoms with Crippen molar-refractivity contribution in [2.24, 2.45) is 0 Å². The first-order valence-electron chi connectivity index (χ1n) is 9.66. The van der Waals surface area contributed by atoms with E-state index in [4.69, 9.17) is 6.42 Å². The van der Waals surface area contributed by atoms with Gasteiger partial charge in [0.05, 0.1) is 29.8 Å². The van der Waals surface area contributed by atoms with E-state index in [-0.39, 0.29) is 6.61 Å². The first kappa shape index (κ1) is 20.5. The van der Waals surface area contributed by atoms with Crippen LogP contribution in [0.2, 0.25) is 0 Å². The smallest absolute Gasteiger partial charge is 0.321 e. The first-order chi connectivity index (χ1) is 15.1. The largest absolute Gasteiger partial charge is 0.394 e. The van der Waals surface area contributed by atoms with Gasteiger partial charge in [-0.25, -0.2) is 9.78 Å². The third-order valence-corrected chi connectivity index (χ3v) is 5.99. The second kappa shape index (κ2) is 8.57. The van der Waals surface area contributed by atoms with Gasteiger partial charge in [0.25, 0.3) is 0 Å². The molecule has 1 atom stereocenters. The van der Waals surface area contributed by atoms with Crippen molar-refractivity contribution in [3.63, 3.8) is 0 Å². The van der Waals surface area contributed by atoms with E-state index in [1.54, 1.807) is 17.6 Å². The fourth-order valence-corrected chi connectivity index (χ4v) is 3.96. The summed E-state index contributed by atoms with van der Waals surface area (Å²) < 4.78 is 0. The molecule has 1 unspecified atom stereocenters. The number of amides is 2. The number of anilines is 1. The molecule has 1 aromatic carbocycles. The molecule has 31 heavy (non-hydrogen) atoms. The van der Waals surface area contributed by atoms with Gasteiger partial charge in [0.1, 0.15) is 5.82 Å². The fraction of sp³-hybridized carbons (Fsp3) is 0.217. The van der Waals surface area contributed by atoms with Crippen molar-refractivity contribution in [3.05, 3.63) is 64.2 Å². The molecule has 0 spiro atoms. The number of aliphatic hydroxyl groups is 1. The van der Waals surface area contributed by atoms with E-state index in [9.17, 15) is 15.2 Å². The first-order valence-corrected chi connectivity index (χ1v) is 10.5. The number of hydrogen-bond acceptors (Lipinski definition) is 6. The number of aromatic nitrogens is 2. The summed E-state index contributed by atoms with van der Waals surface area (Å²) in [7, 11) is 0. The summed E-state index contributed by atoms with van der Waals surface area (Å²) in [5, 5.41) is 26.7. The normalized spacial score (nSPS) is 14.7. The third-order valence-electron chi connectivity index (χ3n) is 5.22. The minimum absolute atomic E-state index is 0.319. The Labute approximate surface area is 183 Å². The Morgan fingerprint density at radius 2 is 2.13 bits per heavy atom. The summed E-state index contributed by atoms with van der Waals surface area (Å²) in [5.74, 6) is 2.75. The summed E-state index contributed by atoms with van der Waals surface area (Å²) in [6.45, 7) is -0.319. The molecule has 4 rings (SSSR count). The highest BCUT2D eigenvalue weighted by molar-refractivity contribution is 7.10. The van der Waals surface area contributed by atoms with Crippen LogP contribution in [0.4, 0.5) is 10.6 Å². The highest BCUT2D eigenvalue weighted by Crippen LogP contribution is 2.50. The van der Waals surface area contributed by atoms with Gasteiger partial charge in [-0.1, -0.05) is 30.3 Å². The van der Waals surface area contributed by atoms with E-state index in [2.05, 4.69) is 32.6 Å². The van der Waals surface area contributed by atoms with E-state index in [0.29, 0.717) is 16.5 Å².